The minimum atomic E-state index is -1.68. The molecule has 198 valence electrons. The van der Waals surface area contributed by atoms with Crippen molar-refractivity contribution in [2.75, 3.05) is 0 Å². The number of primary amides is 2. The molecule has 5 amide bonds. The first kappa shape index (κ1) is 30.0. The number of amides is 5. The van der Waals surface area contributed by atoms with E-state index in [-0.39, 0.29) is 19.3 Å². The van der Waals surface area contributed by atoms with E-state index in [1.54, 1.807) is 30.3 Å². The lowest BCUT2D eigenvalue weighted by atomic mass is 10.0. The molecule has 0 aliphatic heterocycles. The number of carbonyl (C=O) groups excluding carboxylic acids is 5. The van der Waals surface area contributed by atoms with Crippen LogP contribution in [0.1, 0.15) is 31.7 Å². The van der Waals surface area contributed by atoms with Gasteiger partial charge in [-0.25, -0.2) is 4.79 Å². The van der Waals surface area contributed by atoms with Gasteiger partial charge < -0.3 is 43.4 Å². The predicted molar refractivity (Wildman–Crippen MR) is 125 cm³/mol. The first-order chi connectivity index (χ1) is 16.8. The first-order valence-electron chi connectivity index (χ1n) is 11.0. The van der Waals surface area contributed by atoms with Crippen LogP contribution in [0.5, 0.6) is 0 Å². The SMILES string of the molecule is CC(O)C(NC(=O)C(Cc1ccccc1)NC(=O)C(N)CCC(N)=O)C(=O)NC(CC(N)=O)C(=O)O. The van der Waals surface area contributed by atoms with Crippen LogP contribution in [0.15, 0.2) is 30.3 Å². The second kappa shape index (κ2) is 14.4. The van der Waals surface area contributed by atoms with E-state index in [9.17, 15) is 39.0 Å². The lowest BCUT2D eigenvalue weighted by Gasteiger charge is -2.26. The van der Waals surface area contributed by atoms with Crippen molar-refractivity contribution in [3.05, 3.63) is 35.9 Å². The Morgan fingerprint density at radius 1 is 0.861 bits per heavy atom. The van der Waals surface area contributed by atoms with Gasteiger partial charge in [-0.15, -0.1) is 0 Å². The molecule has 0 spiro atoms. The summed E-state index contributed by atoms with van der Waals surface area (Å²) in [7, 11) is 0. The smallest absolute Gasteiger partial charge is 0.326 e. The zero-order valence-corrected chi connectivity index (χ0v) is 19.7. The maximum absolute atomic E-state index is 13.1. The van der Waals surface area contributed by atoms with Crippen molar-refractivity contribution in [2.45, 2.75) is 62.9 Å². The van der Waals surface area contributed by atoms with Crippen LogP contribution in [0.25, 0.3) is 0 Å². The standard InChI is InChI=1S/C22H32N6O8/c1-11(29)18(21(34)27-15(22(35)36)10-17(25)31)28-20(33)14(9-12-5-3-2-4-6-12)26-19(32)13(23)7-8-16(24)30/h2-6,11,13-15,18,29H,7-10,23H2,1H3,(H2,24,30)(H2,25,31)(H,26,32)(H,27,34)(H,28,33)(H,35,36). The van der Waals surface area contributed by atoms with Gasteiger partial charge in [-0.1, -0.05) is 30.3 Å². The number of aliphatic hydroxyl groups excluding tert-OH is 1. The molecule has 0 fully saturated rings. The number of benzene rings is 1. The Bertz CT molecular complexity index is 955. The zero-order chi connectivity index (χ0) is 27.4. The molecule has 1 aromatic carbocycles. The lowest BCUT2D eigenvalue weighted by Crippen LogP contribution is -2.60. The van der Waals surface area contributed by atoms with Gasteiger partial charge in [-0.05, 0) is 18.9 Å². The molecule has 0 saturated heterocycles. The topological polar surface area (TPSA) is 257 Å². The molecule has 0 bridgehead atoms. The quantitative estimate of drug-likeness (QED) is 0.117. The van der Waals surface area contributed by atoms with Gasteiger partial charge in [-0.3, -0.25) is 24.0 Å². The Hall–Kier alpha value is -4.04. The first-order valence-corrected chi connectivity index (χ1v) is 11.0. The molecule has 1 rings (SSSR count). The van der Waals surface area contributed by atoms with Gasteiger partial charge in [0.15, 0.2) is 0 Å². The fourth-order valence-electron chi connectivity index (χ4n) is 3.09. The van der Waals surface area contributed by atoms with Crippen LogP contribution >= 0.6 is 0 Å². The van der Waals surface area contributed by atoms with E-state index in [1.807, 2.05) is 5.32 Å². The maximum atomic E-state index is 13.1. The van der Waals surface area contributed by atoms with Crippen LogP contribution in [-0.4, -0.2) is 76.0 Å². The fourth-order valence-corrected chi connectivity index (χ4v) is 3.09. The van der Waals surface area contributed by atoms with Gasteiger partial charge >= 0.3 is 5.97 Å². The van der Waals surface area contributed by atoms with Crippen LogP contribution in [0.2, 0.25) is 0 Å². The molecular weight excluding hydrogens is 476 g/mol. The van der Waals surface area contributed by atoms with E-state index < -0.39 is 72.2 Å². The van der Waals surface area contributed by atoms with Gasteiger partial charge in [0.25, 0.3) is 0 Å². The summed E-state index contributed by atoms with van der Waals surface area (Å²) in [5.74, 6) is -5.90. The lowest BCUT2D eigenvalue weighted by molar-refractivity contribution is -0.144. The minimum absolute atomic E-state index is 0.0193. The monoisotopic (exact) mass is 508 g/mol. The van der Waals surface area contributed by atoms with Crippen LogP contribution in [0.4, 0.5) is 0 Å². The highest BCUT2D eigenvalue weighted by molar-refractivity contribution is 5.95. The third-order valence-corrected chi connectivity index (χ3v) is 5.04. The number of carboxylic acid groups (broad SMARTS) is 1. The zero-order valence-electron chi connectivity index (χ0n) is 19.7. The third-order valence-electron chi connectivity index (χ3n) is 5.04. The van der Waals surface area contributed by atoms with E-state index in [1.165, 1.54) is 6.92 Å². The number of rotatable bonds is 15. The highest BCUT2D eigenvalue weighted by Gasteiger charge is 2.33. The summed E-state index contributed by atoms with van der Waals surface area (Å²) in [4.78, 5) is 71.6. The largest absolute Gasteiger partial charge is 0.480 e. The molecule has 36 heavy (non-hydrogen) atoms. The number of nitrogens with two attached hydrogens (primary N) is 3. The van der Waals surface area contributed by atoms with Gasteiger partial charge in [0.2, 0.25) is 29.5 Å². The Labute approximate surface area is 206 Å². The summed E-state index contributed by atoms with van der Waals surface area (Å²) >= 11 is 0. The highest BCUT2D eigenvalue weighted by atomic mass is 16.4. The molecular formula is C22H32N6O8. The van der Waals surface area contributed by atoms with Crippen LogP contribution in [0.3, 0.4) is 0 Å². The van der Waals surface area contributed by atoms with Crippen molar-refractivity contribution in [1.82, 2.24) is 16.0 Å². The van der Waals surface area contributed by atoms with E-state index in [0.717, 1.165) is 0 Å². The van der Waals surface area contributed by atoms with E-state index >= 15 is 0 Å². The van der Waals surface area contributed by atoms with Crippen LogP contribution < -0.4 is 33.2 Å². The van der Waals surface area contributed by atoms with Crippen molar-refractivity contribution < 1.29 is 39.0 Å². The Kier molecular flexibility index (Phi) is 12.0. The molecule has 1 aromatic rings. The fraction of sp³-hybridized carbons (Fsp3) is 0.455. The normalized spacial score (nSPS) is 14.9. The molecule has 0 saturated carbocycles. The van der Waals surface area contributed by atoms with Crippen molar-refractivity contribution in [3.63, 3.8) is 0 Å². The summed E-state index contributed by atoms with van der Waals surface area (Å²) < 4.78 is 0. The van der Waals surface area contributed by atoms with Gasteiger partial charge in [0, 0.05) is 12.8 Å². The molecule has 14 heteroatoms. The molecule has 0 aliphatic carbocycles. The maximum Gasteiger partial charge on any atom is 0.326 e. The summed E-state index contributed by atoms with van der Waals surface area (Å²) in [6.07, 6.45) is -2.42. The second-order valence-electron chi connectivity index (χ2n) is 8.16. The number of nitrogens with one attached hydrogen (secondary N) is 3. The molecule has 5 atom stereocenters. The Morgan fingerprint density at radius 3 is 1.94 bits per heavy atom. The molecule has 5 unspecified atom stereocenters. The Morgan fingerprint density at radius 2 is 1.44 bits per heavy atom. The van der Waals surface area contributed by atoms with Crippen molar-refractivity contribution >= 4 is 35.5 Å². The molecule has 0 aliphatic rings. The number of aliphatic hydroxyl groups is 1. The number of aliphatic carboxylic acids is 1. The number of hydrogen-bond acceptors (Lipinski definition) is 8. The molecule has 0 heterocycles. The predicted octanol–water partition coefficient (Wildman–Crippen LogP) is -3.38. The van der Waals surface area contributed by atoms with Crippen LogP contribution in [0, 0.1) is 0 Å². The highest BCUT2D eigenvalue weighted by Crippen LogP contribution is 2.06. The number of carbonyl (C=O) groups is 6. The van der Waals surface area contributed by atoms with E-state index in [2.05, 4.69) is 10.6 Å². The molecule has 14 nitrogen and oxygen atoms in total. The van der Waals surface area contributed by atoms with Gasteiger partial charge in [0.05, 0.1) is 18.6 Å². The summed E-state index contributed by atoms with van der Waals surface area (Å²) in [6.45, 7) is 1.18. The average Bonchev–Trinajstić information content (AvgIpc) is 2.79. The van der Waals surface area contributed by atoms with Crippen molar-refractivity contribution in [2.24, 2.45) is 17.2 Å². The third kappa shape index (κ3) is 10.5. The number of hydrogen-bond donors (Lipinski definition) is 8. The van der Waals surface area contributed by atoms with Gasteiger partial charge in [0.1, 0.15) is 18.1 Å². The molecule has 0 aromatic heterocycles. The Balaban J connectivity index is 3.06. The summed E-state index contributed by atoms with van der Waals surface area (Å²) in [5, 5.41) is 26.1. The van der Waals surface area contributed by atoms with Crippen LogP contribution in [-0.2, 0) is 35.2 Å². The van der Waals surface area contributed by atoms with E-state index in [0.29, 0.717) is 5.56 Å². The molecule has 11 N–H and O–H groups in total. The average molecular weight is 509 g/mol. The van der Waals surface area contributed by atoms with Crippen molar-refractivity contribution in [3.8, 4) is 0 Å². The molecule has 0 radical (unpaired) electrons. The van der Waals surface area contributed by atoms with E-state index in [4.69, 9.17) is 17.2 Å². The van der Waals surface area contributed by atoms with Crippen molar-refractivity contribution in [1.29, 1.82) is 0 Å². The summed E-state index contributed by atoms with van der Waals surface area (Å²) in [5.41, 5.74) is 16.5. The summed E-state index contributed by atoms with van der Waals surface area (Å²) in [6, 6.07) is 2.83. The number of carboxylic acids is 1. The second-order valence-corrected chi connectivity index (χ2v) is 8.16. The van der Waals surface area contributed by atoms with Gasteiger partial charge in [-0.2, -0.15) is 0 Å². The minimum Gasteiger partial charge on any atom is -0.480 e.